The number of carbonyl (C=O) groups is 1. The zero-order chi connectivity index (χ0) is 15.0. The van der Waals surface area contributed by atoms with Crippen molar-refractivity contribution < 1.29 is 9.90 Å². The summed E-state index contributed by atoms with van der Waals surface area (Å²) in [7, 11) is 0. The highest BCUT2D eigenvalue weighted by Crippen LogP contribution is 2.11. The summed E-state index contributed by atoms with van der Waals surface area (Å²) in [5, 5.41) is 12.1. The molecule has 5 heteroatoms. The molecular weight excluding hydrogens is 272 g/mol. The monoisotopic (exact) mass is 296 g/mol. The van der Waals surface area contributed by atoms with Gasteiger partial charge in [-0.15, -0.1) is 0 Å². The summed E-state index contributed by atoms with van der Waals surface area (Å²) in [5.41, 5.74) is 7.10. The number of benzene rings is 1. The molecule has 0 aromatic heterocycles. The number of hydrogen-bond acceptors (Lipinski definition) is 4. The zero-order valence-electron chi connectivity index (χ0n) is 12.1. The van der Waals surface area contributed by atoms with Crippen molar-refractivity contribution in [1.29, 1.82) is 0 Å². The average Bonchev–Trinajstić information content (AvgIpc) is 2.47. The Morgan fingerprint density at radius 3 is 2.60 bits per heavy atom. The molecule has 4 N–H and O–H groups in total. The van der Waals surface area contributed by atoms with Crippen LogP contribution in [0, 0.1) is 0 Å². The first-order chi connectivity index (χ1) is 9.58. The van der Waals surface area contributed by atoms with Gasteiger partial charge in [0.2, 0.25) is 5.91 Å². The number of aryl methyl sites for hydroxylation is 1. The van der Waals surface area contributed by atoms with Crippen LogP contribution in [0.5, 0.6) is 0 Å². The summed E-state index contributed by atoms with van der Waals surface area (Å²) < 4.78 is 0. The van der Waals surface area contributed by atoms with Crippen molar-refractivity contribution in [2.24, 2.45) is 5.73 Å². The Bertz CT molecular complexity index is 396. The highest BCUT2D eigenvalue weighted by atomic mass is 32.2. The minimum Gasteiger partial charge on any atom is -0.395 e. The Labute approximate surface area is 125 Å². The van der Waals surface area contributed by atoms with Crippen molar-refractivity contribution in [3.05, 3.63) is 35.9 Å². The molecule has 0 bridgehead atoms. The summed E-state index contributed by atoms with van der Waals surface area (Å²) in [4.78, 5) is 12.0. The van der Waals surface area contributed by atoms with Gasteiger partial charge in [-0.3, -0.25) is 4.79 Å². The molecule has 1 rings (SSSR count). The van der Waals surface area contributed by atoms with Crippen LogP contribution >= 0.6 is 11.8 Å². The predicted molar refractivity (Wildman–Crippen MR) is 84.7 cm³/mol. The predicted octanol–water partition coefficient (Wildman–Crippen LogP) is 1.18. The van der Waals surface area contributed by atoms with Crippen molar-refractivity contribution >= 4 is 17.7 Å². The second kappa shape index (κ2) is 9.00. The molecule has 0 spiro atoms. The number of amides is 1. The molecule has 0 radical (unpaired) electrons. The molecule has 1 amide bonds. The summed E-state index contributed by atoms with van der Waals surface area (Å²) in [6.07, 6.45) is 3.32. The Morgan fingerprint density at radius 1 is 1.40 bits per heavy atom. The van der Waals surface area contributed by atoms with Gasteiger partial charge in [-0.1, -0.05) is 30.3 Å². The van der Waals surface area contributed by atoms with E-state index >= 15 is 0 Å². The molecular formula is C15H24N2O2S. The van der Waals surface area contributed by atoms with Crippen molar-refractivity contribution in [3.8, 4) is 0 Å². The van der Waals surface area contributed by atoms with Gasteiger partial charge in [-0.25, -0.2) is 0 Å². The number of aliphatic hydroxyl groups is 1. The van der Waals surface area contributed by atoms with Crippen LogP contribution in [-0.2, 0) is 11.2 Å². The van der Waals surface area contributed by atoms with Crippen LogP contribution in [0.4, 0.5) is 0 Å². The maximum Gasteiger partial charge on any atom is 0.237 e. The largest absolute Gasteiger partial charge is 0.395 e. The average molecular weight is 296 g/mol. The van der Waals surface area contributed by atoms with Crippen LogP contribution in [0.1, 0.15) is 18.9 Å². The molecule has 4 nitrogen and oxygen atoms in total. The third-order valence-corrected chi connectivity index (χ3v) is 4.50. The standard InChI is InChI=1S/C15H24N2O2S/c1-11(14(10-18)20-2)17-15(19)13(16)9-8-12-6-4-3-5-7-12/h3-7,11,13-14,18H,8-10,16H2,1-2H3,(H,17,19). The van der Waals surface area contributed by atoms with Gasteiger partial charge >= 0.3 is 0 Å². The molecule has 1 aromatic carbocycles. The van der Waals surface area contributed by atoms with E-state index < -0.39 is 6.04 Å². The number of nitrogens with one attached hydrogen (secondary N) is 1. The molecule has 0 fully saturated rings. The molecule has 1 aromatic rings. The molecule has 0 aliphatic carbocycles. The molecule has 3 atom stereocenters. The first-order valence-corrected chi connectivity index (χ1v) is 8.10. The lowest BCUT2D eigenvalue weighted by atomic mass is 10.0. The number of hydrogen-bond donors (Lipinski definition) is 3. The number of aliphatic hydroxyl groups excluding tert-OH is 1. The van der Waals surface area contributed by atoms with Crippen molar-refractivity contribution in [2.45, 2.75) is 37.1 Å². The fourth-order valence-corrected chi connectivity index (χ4v) is 2.58. The maximum absolute atomic E-state index is 12.0. The SMILES string of the molecule is CSC(CO)C(C)NC(=O)C(N)CCc1ccccc1. The summed E-state index contributed by atoms with van der Waals surface area (Å²) in [6.45, 7) is 1.93. The van der Waals surface area contributed by atoms with Crippen LogP contribution in [0.25, 0.3) is 0 Å². The van der Waals surface area contributed by atoms with E-state index in [0.717, 1.165) is 6.42 Å². The van der Waals surface area contributed by atoms with Gasteiger partial charge in [0.1, 0.15) is 0 Å². The second-order valence-corrected chi connectivity index (χ2v) is 5.96. The number of carbonyl (C=O) groups excluding carboxylic acids is 1. The minimum absolute atomic E-state index is 0.000253. The quantitative estimate of drug-likeness (QED) is 0.673. The van der Waals surface area contributed by atoms with E-state index in [2.05, 4.69) is 5.32 Å². The molecule has 3 unspecified atom stereocenters. The lowest BCUT2D eigenvalue weighted by molar-refractivity contribution is -0.123. The Hall–Kier alpha value is -1.04. The molecule has 0 saturated heterocycles. The van der Waals surface area contributed by atoms with Gasteiger partial charge in [0.25, 0.3) is 0 Å². The van der Waals surface area contributed by atoms with E-state index in [1.807, 2.05) is 43.5 Å². The normalized spacial score (nSPS) is 15.4. The smallest absolute Gasteiger partial charge is 0.237 e. The maximum atomic E-state index is 12.0. The zero-order valence-corrected chi connectivity index (χ0v) is 12.9. The van der Waals surface area contributed by atoms with E-state index in [1.54, 1.807) is 0 Å². The third kappa shape index (κ3) is 5.53. The van der Waals surface area contributed by atoms with Crippen LogP contribution < -0.4 is 11.1 Å². The van der Waals surface area contributed by atoms with Gasteiger partial charge in [0, 0.05) is 11.3 Å². The molecule has 112 valence electrons. The van der Waals surface area contributed by atoms with E-state index in [-0.39, 0.29) is 23.8 Å². The summed E-state index contributed by atoms with van der Waals surface area (Å²) >= 11 is 1.54. The van der Waals surface area contributed by atoms with E-state index in [4.69, 9.17) is 5.73 Å². The Balaban J connectivity index is 2.39. The molecule has 0 aliphatic rings. The van der Waals surface area contributed by atoms with E-state index in [1.165, 1.54) is 17.3 Å². The Morgan fingerprint density at radius 2 is 2.05 bits per heavy atom. The minimum atomic E-state index is -0.515. The molecule has 0 heterocycles. The summed E-state index contributed by atoms with van der Waals surface area (Å²) in [6, 6.07) is 9.38. The van der Waals surface area contributed by atoms with Gasteiger partial charge < -0.3 is 16.2 Å². The molecule has 20 heavy (non-hydrogen) atoms. The first-order valence-electron chi connectivity index (χ1n) is 6.82. The number of rotatable bonds is 8. The van der Waals surface area contributed by atoms with Crippen LogP contribution in [0.2, 0.25) is 0 Å². The summed E-state index contributed by atoms with van der Waals surface area (Å²) in [5.74, 6) is -0.152. The molecule has 0 saturated carbocycles. The fraction of sp³-hybridized carbons (Fsp3) is 0.533. The topological polar surface area (TPSA) is 75.3 Å². The van der Waals surface area contributed by atoms with Gasteiger partial charge in [0.15, 0.2) is 0 Å². The van der Waals surface area contributed by atoms with Crippen molar-refractivity contribution in [2.75, 3.05) is 12.9 Å². The van der Waals surface area contributed by atoms with E-state index in [0.29, 0.717) is 6.42 Å². The van der Waals surface area contributed by atoms with Gasteiger partial charge in [-0.2, -0.15) is 11.8 Å². The molecule has 0 aliphatic heterocycles. The van der Waals surface area contributed by atoms with Gasteiger partial charge in [0.05, 0.1) is 12.6 Å². The van der Waals surface area contributed by atoms with Crippen LogP contribution in [0.15, 0.2) is 30.3 Å². The number of thioether (sulfide) groups is 1. The van der Waals surface area contributed by atoms with Crippen LogP contribution in [-0.4, -0.2) is 41.2 Å². The van der Waals surface area contributed by atoms with E-state index in [9.17, 15) is 9.90 Å². The van der Waals surface area contributed by atoms with Crippen LogP contribution in [0.3, 0.4) is 0 Å². The number of nitrogens with two attached hydrogens (primary N) is 1. The highest BCUT2D eigenvalue weighted by molar-refractivity contribution is 7.99. The highest BCUT2D eigenvalue weighted by Gasteiger charge is 2.20. The fourth-order valence-electron chi connectivity index (χ4n) is 1.96. The lowest BCUT2D eigenvalue weighted by Gasteiger charge is -2.23. The van der Waals surface area contributed by atoms with Crippen molar-refractivity contribution in [1.82, 2.24) is 5.32 Å². The lowest BCUT2D eigenvalue weighted by Crippen LogP contribution is -2.48. The third-order valence-electron chi connectivity index (χ3n) is 3.33. The Kier molecular flexibility index (Phi) is 7.65. The first kappa shape index (κ1) is 17.0. The van der Waals surface area contributed by atoms with Crippen molar-refractivity contribution in [3.63, 3.8) is 0 Å². The van der Waals surface area contributed by atoms with Gasteiger partial charge in [-0.05, 0) is 31.6 Å². The second-order valence-electron chi connectivity index (χ2n) is 4.88.